The number of carbonyl (C=O) groups excluding carboxylic acids is 1. The third-order valence-electron chi connectivity index (χ3n) is 2.29. The van der Waals surface area contributed by atoms with Crippen LogP contribution in [0.3, 0.4) is 0 Å². The van der Waals surface area contributed by atoms with Crippen LogP contribution in [-0.4, -0.2) is 28.0 Å². The molecular formula is C11H16N2O3S. The maximum Gasteiger partial charge on any atom is 0.303 e. The summed E-state index contributed by atoms with van der Waals surface area (Å²) >= 11 is 1.48. The summed E-state index contributed by atoms with van der Waals surface area (Å²) in [7, 11) is 0. The Labute approximate surface area is 104 Å². The minimum Gasteiger partial charge on any atom is -0.481 e. The molecule has 0 saturated carbocycles. The summed E-state index contributed by atoms with van der Waals surface area (Å²) in [5, 5.41) is 12.1. The smallest absolute Gasteiger partial charge is 0.303 e. The molecule has 6 heteroatoms. The van der Waals surface area contributed by atoms with Crippen LogP contribution in [0.25, 0.3) is 0 Å². The first-order valence-corrected chi connectivity index (χ1v) is 6.18. The Morgan fingerprint density at radius 1 is 1.47 bits per heavy atom. The Morgan fingerprint density at radius 3 is 2.59 bits per heavy atom. The van der Waals surface area contributed by atoms with E-state index in [9.17, 15) is 9.59 Å². The van der Waals surface area contributed by atoms with Crippen molar-refractivity contribution in [3.05, 3.63) is 15.6 Å². The zero-order valence-corrected chi connectivity index (χ0v) is 10.9. The van der Waals surface area contributed by atoms with E-state index in [1.165, 1.54) is 11.3 Å². The minimum atomic E-state index is -0.855. The highest BCUT2D eigenvalue weighted by Crippen LogP contribution is 2.16. The summed E-state index contributed by atoms with van der Waals surface area (Å²) in [5.41, 5.74) is 0.440. The van der Waals surface area contributed by atoms with Gasteiger partial charge in [0.15, 0.2) is 0 Å². The van der Waals surface area contributed by atoms with Gasteiger partial charge in [-0.15, -0.1) is 11.3 Å². The van der Waals surface area contributed by atoms with Gasteiger partial charge in [-0.25, -0.2) is 4.98 Å². The average Bonchev–Trinajstić information content (AvgIpc) is 2.55. The van der Waals surface area contributed by atoms with Crippen LogP contribution >= 0.6 is 11.3 Å². The number of aromatic nitrogens is 1. The number of thiazole rings is 1. The number of carboxylic acid groups (broad SMARTS) is 1. The fourth-order valence-corrected chi connectivity index (χ4v) is 2.26. The van der Waals surface area contributed by atoms with Crippen molar-refractivity contribution in [1.82, 2.24) is 10.3 Å². The minimum absolute atomic E-state index is 0.0521. The van der Waals surface area contributed by atoms with E-state index in [0.717, 1.165) is 9.88 Å². The van der Waals surface area contributed by atoms with E-state index in [0.29, 0.717) is 12.1 Å². The van der Waals surface area contributed by atoms with Gasteiger partial charge in [0.1, 0.15) is 5.69 Å². The first kappa shape index (κ1) is 13.6. The van der Waals surface area contributed by atoms with E-state index in [1.807, 2.05) is 13.8 Å². The highest BCUT2D eigenvalue weighted by atomic mass is 32.1. The molecule has 1 heterocycles. The van der Waals surface area contributed by atoms with Crippen molar-refractivity contribution in [2.24, 2.45) is 0 Å². The molecule has 5 nitrogen and oxygen atoms in total. The lowest BCUT2D eigenvalue weighted by atomic mass is 10.2. The van der Waals surface area contributed by atoms with Crippen LogP contribution in [0.1, 0.15) is 40.1 Å². The van der Waals surface area contributed by atoms with Crippen LogP contribution in [0.2, 0.25) is 0 Å². The normalized spacial score (nSPS) is 12.2. The average molecular weight is 256 g/mol. The summed E-state index contributed by atoms with van der Waals surface area (Å²) in [5.74, 6) is -1.09. The van der Waals surface area contributed by atoms with Gasteiger partial charge >= 0.3 is 5.97 Å². The van der Waals surface area contributed by atoms with Gasteiger partial charge in [-0.1, -0.05) is 0 Å². The van der Waals surface area contributed by atoms with E-state index >= 15 is 0 Å². The fourth-order valence-electron chi connectivity index (χ4n) is 1.44. The lowest BCUT2D eigenvalue weighted by Gasteiger charge is -2.11. The van der Waals surface area contributed by atoms with Gasteiger partial charge in [0.05, 0.1) is 5.01 Å². The Morgan fingerprint density at radius 2 is 2.12 bits per heavy atom. The van der Waals surface area contributed by atoms with Gasteiger partial charge in [-0.2, -0.15) is 0 Å². The van der Waals surface area contributed by atoms with Crippen LogP contribution in [0.15, 0.2) is 0 Å². The molecule has 0 aromatic carbocycles. The van der Waals surface area contributed by atoms with Crippen LogP contribution in [0.4, 0.5) is 0 Å². The highest BCUT2D eigenvalue weighted by molar-refractivity contribution is 7.11. The molecule has 0 bridgehead atoms. The maximum absolute atomic E-state index is 11.8. The second kappa shape index (κ2) is 5.77. The third-order valence-corrected chi connectivity index (χ3v) is 3.17. The predicted molar refractivity (Wildman–Crippen MR) is 65.4 cm³/mol. The monoisotopic (exact) mass is 256 g/mol. The fraction of sp³-hybridized carbons (Fsp3) is 0.545. The Balaban J connectivity index is 2.54. The molecule has 0 spiro atoms. The molecule has 1 aromatic heterocycles. The number of aryl methyl sites for hydroxylation is 2. The van der Waals surface area contributed by atoms with Crippen LogP contribution < -0.4 is 5.32 Å². The molecular weight excluding hydrogens is 240 g/mol. The number of nitrogens with zero attached hydrogens (tertiary/aromatic N) is 1. The molecule has 0 aliphatic rings. The molecule has 2 N–H and O–H groups in total. The van der Waals surface area contributed by atoms with Crippen molar-refractivity contribution >= 4 is 23.2 Å². The van der Waals surface area contributed by atoms with E-state index in [1.54, 1.807) is 6.92 Å². The zero-order valence-electron chi connectivity index (χ0n) is 10.1. The van der Waals surface area contributed by atoms with Crippen LogP contribution in [0.5, 0.6) is 0 Å². The zero-order chi connectivity index (χ0) is 13.0. The molecule has 1 unspecified atom stereocenters. The Kier molecular flexibility index (Phi) is 4.62. The van der Waals surface area contributed by atoms with Crippen molar-refractivity contribution in [1.29, 1.82) is 0 Å². The first-order chi connectivity index (χ1) is 7.90. The standard InChI is InChI=1S/C11H16N2O3S/c1-6(4-5-9(14)15)12-11(16)10-7(2)17-8(3)13-10/h6H,4-5H2,1-3H3,(H,12,16)(H,14,15). The second-order valence-corrected chi connectivity index (χ2v) is 5.35. The van der Waals surface area contributed by atoms with Crippen molar-refractivity contribution in [2.45, 2.75) is 39.7 Å². The van der Waals surface area contributed by atoms with Crippen molar-refractivity contribution < 1.29 is 14.7 Å². The lowest BCUT2D eigenvalue weighted by molar-refractivity contribution is -0.137. The highest BCUT2D eigenvalue weighted by Gasteiger charge is 2.16. The Bertz CT molecular complexity index is 428. The quantitative estimate of drug-likeness (QED) is 0.841. The summed E-state index contributed by atoms with van der Waals surface area (Å²) in [6.45, 7) is 5.49. The number of hydrogen-bond donors (Lipinski definition) is 2. The molecule has 17 heavy (non-hydrogen) atoms. The molecule has 94 valence electrons. The van der Waals surface area contributed by atoms with Gasteiger partial charge in [-0.05, 0) is 27.2 Å². The molecule has 0 aliphatic carbocycles. The van der Waals surface area contributed by atoms with E-state index in [2.05, 4.69) is 10.3 Å². The van der Waals surface area contributed by atoms with Gasteiger partial charge < -0.3 is 10.4 Å². The largest absolute Gasteiger partial charge is 0.481 e. The number of aliphatic carboxylic acids is 1. The van der Waals surface area contributed by atoms with Crippen LogP contribution in [-0.2, 0) is 4.79 Å². The number of hydrogen-bond acceptors (Lipinski definition) is 4. The summed E-state index contributed by atoms with van der Waals surface area (Å²) < 4.78 is 0. The first-order valence-electron chi connectivity index (χ1n) is 5.37. The number of carbonyl (C=O) groups is 2. The number of carboxylic acids is 1. The van der Waals surface area contributed by atoms with Crippen LogP contribution in [0, 0.1) is 13.8 Å². The van der Waals surface area contributed by atoms with E-state index in [-0.39, 0.29) is 18.4 Å². The van der Waals surface area contributed by atoms with Gasteiger partial charge in [0, 0.05) is 17.3 Å². The van der Waals surface area contributed by atoms with Gasteiger partial charge in [0.25, 0.3) is 5.91 Å². The lowest BCUT2D eigenvalue weighted by Crippen LogP contribution is -2.33. The third kappa shape index (κ3) is 4.14. The molecule has 0 radical (unpaired) electrons. The van der Waals surface area contributed by atoms with Crippen molar-refractivity contribution in [3.8, 4) is 0 Å². The predicted octanol–water partition coefficient (Wildman–Crippen LogP) is 1.74. The molecule has 1 amide bonds. The molecule has 1 aromatic rings. The summed E-state index contributed by atoms with van der Waals surface area (Å²) in [6.07, 6.45) is 0.472. The number of rotatable bonds is 5. The summed E-state index contributed by atoms with van der Waals surface area (Å²) in [4.78, 5) is 27.2. The van der Waals surface area contributed by atoms with Gasteiger partial charge in [-0.3, -0.25) is 9.59 Å². The SMILES string of the molecule is Cc1nc(C(=O)NC(C)CCC(=O)O)c(C)s1. The summed E-state index contributed by atoms with van der Waals surface area (Å²) in [6, 6.07) is -0.167. The number of amides is 1. The topological polar surface area (TPSA) is 79.3 Å². The van der Waals surface area contributed by atoms with Crippen molar-refractivity contribution in [3.63, 3.8) is 0 Å². The van der Waals surface area contributed by atoms with Crippen molar-refractivity contribution in [2.75, 3.05) is 0 Å². The number of nitrogens with one attached hydrogen (secondary N) is 1. The maximum atomic E-state index is 11.8. The van der Waals surface area contributed by atoms with E-state index in [4.69, 9.17) is 5.11 Å². The van der Waals surface area contributed by atoms with Gasteiger partial charge in [0.2, 0.25) is 0 Å². The van der Waals surface area contributed by atoms with E-state index < -0.39 is 5.97 Å². The molecule has 0 saturated heterocycles. The molecule has 1 rings (SSSR count). The Hall–Kier alpha value is -1.43. The second-order valence-electron chi connectivity index (χ2n) is 3.94. The molecule has 0 fully saturated rings. The molecule has 1 atom stereocenters. The molecule has 0 aliphatic heterocycles.